The molecule has 5 heteroatoms. The van der Waals surface area contributed by atoms with Crippen LogP contribution in [-0.2, 0) is 0 Å². The molecule has 0 bridgehead atoms. The predicted octanol–water partition coefficient (Wildman–Crippen LogP) is 2.04. The number of hydrogen-bond donors (Lipinski definition) is 1. The third kappa shape index (κ3) is 3.29. The quantitative estimate of drug-likeness (QED) is 0.868. The Morgan fingerprint density at radius 1 is 1.39 bits per heavy atom. The summed E-state index contributed by atoms with van der Waals surface area (Å²) in [7, 11) is 0. The third-order valence-corrected chi connectivity index (χ3v) is 2.58. The van der Waals surface area contributed by atoms with E-state index in [1.165, 1.54) is 18.3 Å². The number of carboxylic acid groups (broad SMARTS) is 1. The molecule has 18 heavy (non-hydrogen) atoms. The van der Waals surface area contributed by atoms with Gasteiger partial charge in [0.2, 0.25) is 0 Å². The Morgan fingerprint density at radius 2 is 2.06 bits per heavy atom. The fourth-order valence-corrected chi connectivity index (χ4v) is 1.63. The molecule has 1 amide bonds. The molecule has 0 radical (unpaired) electrons. The largest absolute Gasteiger partial charge is 0.478 e. The van der Waals surface area contributed by atoms with Gasteiger partial charge in [0.25, 0.3) is 5.91 Å². The minimum Gasteiger partial charge on any atom is -0.478 e. The SMILES string of the molecule is CCCN(C(=O)c1ccc(C(=O)O)cn1)C(C)C. The zero-order valence-electron chi connectivity index (χ0n) is 10.9. The number of aromatic nitrogens is 1. The van der Waals surface area contributed by atoms with Gasteiger partial charge in [-0.2, -0.15) is 0 Å². The van der Waals surface area contributed by atoms with E-state index in [1.54, 1.807) is 4.90 Å². The number of carbonyl (C=O) groups excluding carboxylic acids is 1. The number of amides is 1. The molecule has 5 nitrogen and oxygen atoms in total. The highest BCUT2D eigenvalue weighted by atomic mass is 16.4. The number of nitrogens with zero attached hydrogens (tertiary/aromatic N) is 2. The van der Waals surface area contributed by atoms with Gasteiger partial charge in [-0.3, -0.25) is 9.78 Å². The van der Waals surface area contributed by atoms with Crippen LogP contribution in [0.15, 0.2) is 18.3 Å². The molecular weight excluding hydrogens is 232 g/mol. The minimum absolute atomic E-state index is 0.0816. The van der Waals surface area contributed by atoms with Crippen LogP contribution in [0.2, 0.25) is 0 Å². The molecule has 1 N–H and O–H groups in total. The van der Waals surface area contributed by atoms with Gasteiger partial charge in [-0.1, -0.05) is 6.92 Å². The Hall–Kier alpha value is -1.91. The molecule has 0 fully saturated rings. The average Bonchev–Trinajstić information content (AvgIpc) is 2.35. The molecule has 0 aliphatic carbocycles. The first kappa shape index (κ1) is 14.2. The van der Waals surface area contributed by atoms with Crippen molar-refractivity contribution >= 4 is 11.9 Å². The summed E-state index contributed by atoms with van der Waals surface area (Å²) in [6.45, 7) is 6.56. The minimum atomic E-state index is -1.05. The van der Waals surface area contributed by atoms with E-state index in [9.17, 15) is 9.59 Å². The van der Waals surface area contributed by atoms with Crippen LogP contribution < -0.4 is 0 Å². The monoisotopic (exact) mass is 250 g/mol. The number of aromatic carboxylic acids is 1. The lowest BCUT2D eigenvalue weighted by Gasteiger charge is -2.25. The maximum Gasteiger partial charge on any atom is 0.337 e. The van der Waals surface area contributed by atoms with E-state index in [0.29, 0.717) is 6.54 Å². The van der Waals surface area contributed by atoms with Crippen LogP contribution in [0.5, 0.6) is 0 Å². The molecule has 0 aliphatic heterocycles. The van der Waals surface area contributed by atoms with Crippen molar-refractivity contribution < 1.29 is 14.7 Å². The van der Waals surface area contributed by atoms with Gasteiger partial charge in [0, 0.05) is 18.8 Å². The molecule has 0 atom stereocenters. The first-order valence-corrected chi connectivity index (χ1v) is 5.97. The van der Waals surface area contributed by atoms with Gasteiger partial charge in [-0.05, 0) is 32.4 Å². The predicted molar refractivity (Wildman–Crippen MR) is 67.7 cm³/mol. The van der Waals surface area contributed by atoms with Crippen molar-refractivity contribution in [1.29, 1.82) is 0 Å². The maximum atomic E-state index is 12.2. The van der Waals surface area contributed by atoms with Gasteiger partial charge in [-0.25, -0.2) is 4.79 Å². The smallest absolute Gasteiger partial charge is 0.337 e. The van der Waals surface area contributed by atoms with Crippen molar-refractivity contribution in [3.63, 3.8) is 0 Å². The van der Waals surface area contributed by atoms with Crippen molar-refractivity contribution in [2.24, 2.45) is 0 Å². The summed E-state index contributed by atoms with van der Waals surface area (Å²) >= 11 is 0. The highest BCUT2D eigenvalue weighted by molar-refractivity contribution is 5.93. The van der Waals surface area contributed by atoms with Gasteiger partial charge in [0.05, 0.1) is 5.56 Å². The molecule has 0 saturated carbocycles. The highest BCUT2D eigenvalue weighted by Crippen LogP contribution is 2.08. The van der Waals surface area contributed by atoms with E-state index < -0.39 is 5.97 Å². The normalized spacial score (nSPS) is 10.4. The summed E-state index contributed by atoms with van der Waals surface area (Å²) in [5.74, 6) is -1.21. The lowest BCUT2D eigenvalue weighted by atomic mass is 10.2. The topological polar surface area (TPSA) is 70.5 Å². The number of rotatable bonds is 5. The summed E-state index contributed by atoms with van der Waals surface area (Å²) in [6.07, 6.45) is 2.08. The van der Waals surface area contributed by atoms with Crippen molar-refractivity contribution in [3.05, 3.63) is 29.6 Å². The van der Waals surface area contributed by atoms with Gasteiger partial charge in [-0.15, -0.1) is 0 Å². The molecular formula is C13H18N2O3. The standard InChI is InChI=1S/C13H18N2O3/c1-4-7-15(9(2)3)12(16)11-6-5-10(8-14-11)13(17)18/h5-6,8-9H,4,7H2,1-3H3,(H,17,18). The van der Waals surface area contributed by atoms with Crippen LogP contribution in [0, 0.1) is 0 Å². The molecule has 0 saturated heterocycles. The third-order valence-electron chi connectivity index (χ3n) is 2.58. The van der Waals surface area contributed by atoms with Crippen molar-refractivity contribution in [1.82, 2.24) is 9.88 Å². The van der Waals surface area contributed by atoms with Crippen LogP contribution in [0.1, 0.15) is 48.0 Å². The molecule has 0 aliphatic rings. The van der Waals surface area contributed by atoms with Crippen LogP contribution >= 0.6 is 0 Å². The van der Waals surface area contributed by atoms with E-state index in [4.69, 9.17) is 5.11 Å². The van der Waals surface area contributed by atoms with Crippen LogP contribution in [0.25, 0.3) is 0 Å². The van der Waals surface area contributed by atoms with E-state index in [2.05, 4.69) is 4.98 Å². The Morgan fingerprint density at radius 3 is 2.44 bits per heavy atom. The summed E-state index contributed by atoms with van der Waals surface area (Å²) in [6, 6.07) is 2.95. The Balaban J connectivity index is 2.91. The van der Waals surface area contributed by atoms with Gasteiger partial charge in [0.1, 0.15) is 5.69 Å². The first-order valence-electron chi connectivity index (χ1n) is 5.97. The van der Waals surface area contributed by atoms with E-state index in [0.717, 1.165) is 6.42 Å². The van der Waals surface area contributed by atoms with E-state index in [1.807, 2.05) is 20.8 Å². The molecule has 1 aromatic rings. The fraction of sp³-hybridized carbons (Fsp3) is 0.462. The van der Waals surface area contributed by atoms with Crippen molar-refractivity contribution in [2.45, 2.75) is 33.2 Å². The van der Waals surface area contributed by atoms with Gasteiger partial charge in [0.15, 0.2) is 0 Å². The summed E-state index contributed by atoms with van der Waals surface area (Å²) in [4.78, 5) is 28.5. The molecule has 0 spiro atoms. The average molecular weight is 250 g/mol. The second-order valence-electron chi connectivity index (χ2n) is 4.33. The summed E-state index contributed by atoms with van der Waals surface area (Å²) in [5.41, 5.74) is 0.361. The van der Waals surface area contributed by atoms with Crippen molar-refractivity contribution in [3.8, 4) is 0 Å². The van der Waals surface area contributed by atoms with Gasteiger partial charge < -0.3 is 10.0 Å². The first-order chi connectivity index (χ1) is 8.47. The highest BCUT2D eigenvalue weighted by Gasteiger charge is 2.19. The van der Waals surface area contributed by atoms with E-state index in [-0.39, 0.29) is 23.2 Å². The lowest BCUT2D eigenvalue weighted by molar-refractivity contribution is 0.0682. The number of hydrogen-bond acceptors (Lipinski definition) is 3. The summed E-state index contributed by atoms with van der Waals surface area (Å²) in [5, 5.41) is 8.76. The summed E-state index contributed by atoms with van der Waals surface area (Å²) < 4.78 is 0. The number of carboxylic acids is 1. The second-order valence-corrected chi connectivity index (χ2v) is 4.33. The Kier molecular flexibility index (Phi) is 4.83. The number of carbonyl (C=O) groups is 2. The fourth-order valence-electron chi connectivity index (χ4n) is 1.63. The Labute approximate surface area is 106 Å². The number of pyridine rings is 1. The molecule has 1 rings (SSSR count). The second kappa shape index (κ2) is 6.14. The van der Waals surface area contributed by atoms with Gasteiger partial charge >= 0.3 is 5.97 Å². The Bertz CT molecular complexity index is 426. The molecule has 0 unspecified atom stereocenters. The molecule has 0 aromatic carbocycles. The van der Waals surface area contributed by atoms with Crippen molar-refractivity contribution in [2.75, 3.05) is 6.54 Å². The van der Waals surface area contributed by atoms with Crippen LogP contribution in [-0.4, -0.2) is 39.5 Å². The zero-order chi connectivity index (χ0) is 13.7. The van der Waals surface area contributed by atoms with Crippen LogP contribution in [0.3, 0.4) is 0 Å². The molecule has 1 heterocycles. The molecule has 1 aromatic heterocycles. The zero-order valence-corrected chi connectivity index (χ0v) is 10.9. The lowest BCUT2D eigenvalue weighted by Crippen LogP contribution is -2.38. The maximum absolute atomic E-state index is 12.2. The molecule has 98 valence electrons. The van der Waals surface area contributed by atoms with E-state index >= 15 is 0 Å². The van der Waals surface area contributed by atoms with Crippen LogP contribution in [0.4, 0.5) is 0 Å².